The third kappa shape index (κ3) is 4.96. The van der Waals surface area contributed by atoms with Gasteiger partial charge in [-0.3, -0.25) is 9.59 Å². The zero-order valence-electron chi connectivity index (χ0n) is 14.9. The van der Waals surface area contributed by atoms with Crippen molar-refractivity contribution in [2.45, 2.75) is 6.54 Å². The Labute approximate surface area is 163 Å². The van der Waals surface area contributed by atoms with Gasteiger partial charge in [-0.1, -0.05) is 41.9 Å². The van der Waals surface area contributed by atoms with Gasteiger partial charge in [0.2, 0.25) is 0 Å². The van der Waals surface area contributed by atoms with Crippen LogP contribution in [-0.2, 0) is 6.54 Å². The highest BCUT2D eigenvalue weighted by Gasteiger charge is 2.13. The molecule has 0 aliphatic rings. The molecule has 27 heavy (non-hydrogen) atoms. The first-order chi connectivity index (χ1) is 13.0. The van der Waals surface area contributed by atoms with Crippen molar-refractivity contribution in [3.8, 4) is 0 Å². The molecule has 0 aliphatic carbocycles. The summed E-state index contributed by atoms with van der Waals surface area (Å²) in [6, 6.07) is 23.3. The van der Waals surface area contributed by atoms with Crippen LogP contribution in [0.15, 0.2) is 78.9 Å². The fourth-order valence-corrected chi connectivity index (χ4v) is 2.90. The van der Waals surface area contributed by atoms with E-state index in [0.29, 0.717) is 28.4 Å². The van der Waals surface area contributed by atoms with E-state index in [9.17, 15) is 9.59 Å². The molecule has 0 aromatic heterocycles. The molecule has 5 heteroatoms. The van der Waals surface area contributed by atoms with Crippen LogP contribution >= 0.6 is 11.6 Å². The van der Waals surface area contributed by atoms with Crippen LogP contribution in [-0.4, -0.2) is 23.8 Å². The molecule has 2 amide bonds. The summed E-state index contributed by atoms with van der Waals surface area (Å²) in [6.07, 6.45) is 0. The van der Waals surface area contributed by atoms with Crippen LogP contribution in [0.25, 0.3) is 0 Å². The molecule has 4 nitrogen and oxygen atoms in total. The molecule has 0 bridgehead atoms. The number of nitrogens with zero attached hydrogens (tertiary/aromatic N) is 1. The molecule has 0 fully saturated rings. The SMILES string of the molecule is CN(Cc1cccc(Cl)c1)C(=O)c1ccc(NC(=O)c2ccccc2)cc1. The Hall–Kier alpha value is -3.11. The zero-order valence-corrected chi connectivity index (χ0v) is 15.6. The monoisotopic (exact) mass is 378 g/mol. The molecule has 0 aliphatic heterocycles. The predicted octanol–water partition coefficient (Wildman–Crippen LogP) is 4.86. The van der Waals surface area contributed by atoms with Gasteiger partial charge in [0.05, 0.1) is 0 Å². The van der Waals surface area contributed by atoms with Crippen LogP contribution in [0.3, 0.4) is 0 Å². The van der Waals surface area contributed by atoms with Crippen molar-refractivity contribution in [2.75, 3.05) is 12.4 Å². The first-order valence-electron chi connectivity index (χ1n) is 8.49. The summed E-state index contributed by atoms with van der Waals surface area (Å²) >= 11 is 5.99. The van der Waals surface area contributed by atoms with Gasteiger partial charge in [-0.15, -0.1) is 0 Å². The lowest BCUT2D eigenvalue weighted by atomic mass is 10.1. The van der Waals surface area contributed by atoms with Gasteiger partial charge < -0.3 is 10.2 Å². The molecule has 0 radical (unpaired) electrons. The second-order valence-electron chi connectivity index (χ2n) is 6.19. The Morgan fingerprint density at radius 2 is 1.59 bits per heavy atom. The second-order valence-corrected chi connectivity index (χ2v) is 6.63. The highest BCUT2D eigenvalue weighted by Crippen LogP contribution is 2.16. The van der Waals surface area contributed by atoms with Crippen LogP contribution in [0.5, 0.6) is 0 Å². The molecule has 0 spiro atoms. The highest BCUT2D eigenvalue weighted by molar-refractivity contribution is 6.30. The van der Waals surface area contributed by atoms with Crippen LogP contribution in [0.1, 0.15) is 26.3 Å². The molecular weight excluding hydrogens is 360 g/mol. The van der Waals surface area contributed by atoms with E-state index in [1.165, 1.54) is 0 Å². The average Bonchev–Trinajstić information content (AvgIpc) is 2.68. The lowest BCUT2D eigenvalue weighted by Gasteiger charge is -2.18. The summed E-state index contributed by atoms with van der Waals surface area (Å²) in [5, 5.41) is 3.47. The largest absolute Gasteiger partial charge is 0.337 e. The first-order valence-corrected chi connectivity index (χ1v) is 8.87. The molecule has 0 atom stereocenters. The summed E-state index contributed by atoms with van der Waals surface area (Å²) < 4.78 is 0. The minimum absolute atomic E-state index is 0.101. The van der Waals surface area contributed by atoms with E-state index in [-0.39, 0.29) is 11.8 Å². The van der Waals surface area contributed by atoms with Crippen molar-refractivity contribution in [2.24, 2.45) is 0 Å². The van der Waals surface area contributed by atoms with Gasteiger partial charge in [0.25, 0.3) is 11.8 Å². The number of amides is 2. The maximum Gasteiger partial charge on any atom is 0.255 e. The molecule has 0 unspecified atom stereocenters. The number of benzene rings is 3. The Morgan fingerprint density at radius 3 is 2.26 bits per heavy atom. The van der Waals surface area contributed by atoms with Crippen molar-refractivity contribution in [1.29, 1.82) is 0 Å². The fourth-order valence-electron chi connectivity index (χ4n) is 2.69. The van der Waals surface area contributed by atoms with E-state index in [1.807, 2.05) is 36.4 Å². The van der Waals surface area contributed by atoms with Crippen molar-refractivity contribution in [3.63, 3.8) is 0 Å². The smallest absolute Gasteiger partial charge is 0.255 e. The second kappa shape index (κ2) is 8.52. The molecule has 136 valence electrons. The van der Waals surface area contributed by atoms with Gasteiger partial charge in [-0.2, -0.15) is 0 Å². The lowest BCUT2D eigenvalue weighted by Crippen LogP contribution is -2.26. The fraction of sp³-hybridized carbons (Fsp3) is 0.0909. The van der Waals surface area contributed by atoms with E-state index in [2.05, 4.69) is 5.32 Å². The number of hydrogen-bond acceptors (Lipinski definition) is 2. The number of hydrogen-bond donors (Lipinski definition) is 1. The minimum Gasteiger partial charge on any atom is -0.337 e. The molecule has 1 N–H and O–H groups in total. The standard InChI is InChI=1S/C22H19ClN2O2/c1-25(15-16-6-5-9-19(23)14-16)22(27)18-10-12-20(13-11-18)24-21(26)17-7-3-2-4-8-17/h2-14H,15H2,1H3,(H,24,26). The normalized spacial score (nSPS) is 10.3. The minimum atomic E-state index is -0.187. The van der Waals surface area contributed by atoms with Gasteiger partial charge in [0, 0.05) is 35.4 Å². The number of nitrogens with one attached hydrogen (secondary N) is 1. The Kier molecular flexibility index (Phi) is 5.89. The van der Waals surface area contributed by atoms with Crippen LogP contribution in [0, 0.1) is 0 Å². The van der Waals surface area contributed by atoms with Gasteiger partial charge in [-0.25, -0.2) is 0 Å². The van der Waals surface area contributed by atoms with E-state index >= 15 is 0 Å². The van der Waals surface area contributed by atoms with Crippen LogP contribution in [0.2, 0.25) is 5.02 Å². The van der Waals surface area contributed by atoms with Crippen LogP contribution in [0.4, 0.5) is 5.69 Å². The van der Waals surface area contributed by atoms with E-state index in [0.717, 1.165) is 5.56 Å². The summed E-state index contributed by atoms with van der Waals surface area (Å²) in [6.45, 7) is 0.464. The summed E-state index contributed by atoms with van der Waals surface area (Å²) in [7, 11) is 1.74. The molecule has 0 heterocycles. The quantitative estimate of drug-likeness (QED) is 0.688. The number of carbonyl (C=O) groups is 2. The number of carbonyl (C=O) groups excluding carboxylic acids is 2. The molecule has 3 aromatic rings. The third-order valence-corrected chi connectivity index (χ3v) is 4.32. The highest BCUT2D eigenvalue weighted by atomic mass is 35.5. The lowest BCUT2D eigenvalue weighted by molar-refractivity contribution is 0.0785. The van der Waals surface area contributed by atoms with Crippen molar-refractivity contribution < 1.29 is 9.59 Å². The Bertz CT molecular complexity index is 940. The number of rotatable bonds is 5. The predicted molar refractivity (Wildman–Crippen MR) is 108 cm³/mol. The van der Waals surface area contributed by atoms with Crippen molar-refractivity contribution >= 4 is 29.1 Å². The maximum atomic E-state index is 12.6. The third-order valence-electron chi connectivity index (χ3n) is 4.08. The summed E-state index contributed by atoms with van der Waals surface area (Å²) in [5.41, 5.74) is 2.74. The molecule has 3 rings (SSSR count). The number of halogens is 1. The van der Waals surface area contributed by atoms with Crippen molar-refractivity contribution in [3.05, 3.63) is 101 Å². The summed E-state index contributed by atoms with van der Waals surface area (Å²) in [4.78, 5) is 26.4. The van der Waals surface area contributed by atoms with Gasteiger partial charge in [0.15, 0.2) is 0 Å². The zero-order chi connectivity index (χ0) is 19.2. The van der Waals surface area contributed by atoms with Gasteiger partial charge in [-0.05, 0) is 54.1 Å². The molecule has 0 saturated carbocycles. The van der Waals surface area contributed by atoms with E-state index in [1.54, 1.807) is 54.4 Å². The maximum absolute atomic E-state index is 12.6. The van der Waals surface area contributed by atoms with Gasteiger partial charge >= 0.3 is 0 Å². The van der Waals surface area contributed by atoms with Crippen molar-refractivity contribution in [1.82, 2.24) is 4.90 Å². The van der Waals surface area contributed by atoms with Crippen LogP contribution < -0.4 is 5.32 Å². The topological polar surface area (TPSA) is 49.4 Å². The molecule has 3 aromatic carbocycles. The van der Waals surface area contributed by atoms with E-state index in [4.69, 9.17) is 11.6 Å². The Morgan fingerprint density at radius 1 is 0.889 bits per heavy atom. The Balaban J connectivity index is 1.64. The number of anilines is 1. The van der Waals surface area contributed by atoms with E-state index < -0.39 is 0 Å². The molecular formula is C22H19ClN2O2. The average molecular weight is 379 g/mol. The first kappa shape index (κ1) is 18.7. The summed E-state index contributed by atoms with van der Waals surface area (Å²) in [5.74, 6) is -0.288. The van der Waals surface area contributed by atoms with Gasteiger partial charge in [0.1, 0.15) is 0 Å². The molecule has 0 saturated heterocycles.